The maximum Gasteiger partial charge on any atom is 0.137 e. The van der Waals surface area contributed by atoms with Crippen molar-refractivity contribution in [2.24, 2.45) is 0 Å². The molecule has 0 aliphatic carbocycles. The number of fused-ring (bicyclic) bond motifs is 1. The fourth-order valence-corrected chi connectivity index (χ4v) is 2.37. The summed E-state index contributed by atoms with van der Waals surface area (Å²) in [6.45, 7) is 8.60. The third-order valence-corrected chi connectivity index (χ3v) is 3.33. The van der Waals surface area contributed by atoms with Gasteiger partial charge in [0.2, 0.25) is 0 Å². The largest absolute Gasteiger partial charge is 0.299 e. The summed E-state index contributed by atoms with van der Waals surface area (Å²) in [6.07, 6.45) is 3.93. The molecule has 0 saturated carbocycles. The SMILES string of the molecule is Cc1[nH]ncc1-c1c(C(C)(C)C)nc2ccccn12. The van der Waals surface area contributed by atoms with Gasteiger partial charge in [-0.25, -0.2) is 4.98 Å². The molecule has 0 aliphatic rings. The molecular formula is C15H18N4. The average molecular weight is 254 g/mol. The van der Waals surface area contributed by atoms with Gasteiger partial charge in [0.05, 0.1) is 17.6 Å². The minimum atomic E-state index is -0.00887. The molecule has 0 atom stereocenters. The molecule has 19 heavy (non-hydrogen) atoms. The highest BCUT2D eigenvalue weighted by Crippen LogP contribution is 2.34. The first-order valence-electron chi connectivity index (χ1n) is 6.46. The molecule has 0 radical (unpaired) electrons. The van der Waals surface area contributed by atoms with Crippen LogP contribution in [0.5, 0.6) is 0 Å². The molecular weight excluding hydrogens is 236 g/mol. The lowest BCUT2D eigenvalue weighted by atomic mass is 9.89. The van der Waals surface area contributed by atoms with Crippen LogP contribution in [0.3, 0.4) is 0 Å². The van der Waals surface area contributed by atoms with Crippen molar-refractivity contribution in [1.29, 1.82) is 0 Å². The molecule has 4 nitrogen and oxygen atoms in total. The molecule has 0 amide bonds. The highest BCUT2D eigenvalue weighted by Gasteiger charge is 2.25. The lowest BCUT2D eigenvalue weighted by molar-refractivity contribution is 0.575. The van der Waals surface area contributed by atoms with Gasteiger partial charge in [-0.2, -0.15) is 5.10 Å². The summed E-state index contributed by atoms with van der Waals surface area (Å²) in [5, 5.41) is 7.15. The van der Waals surface area contributed by atoms with E-state index in [4.69, 9.17) is 4.98 Å². The Balaban J connectivity index is 2.41. The number of aryl methyl sites for hydroxylation is 1. The summed E-state index contributed by atoms with van der Waals surface area (Å²) < 4.78 is 2.14. The van der Waals surface area contributed by atoms with Gasteiger partial charge in [-0.1, -0.05) is 26.8 Å². The van der Waals surface area contributed by atoms with Crippen LogP contribution in [0.25, 0.3) is 16.9 Å². The number of hydrogen-bond donors (Lipinski definition) is 1. The number of H-pyrrole nitrogens is 1. The number of aromatic amines is 1. The number of aromatic nitrogens is 4. The molecule has 3 aromatic heterocycles. The van der Waals surface area contributed by atoms with E-state index in [2.05, 4.69) is 41.6 Å². The standard InChI is InChI=1S/C15H18N4/c1-10-11(9-16-18-10)13-14(15(2,3)4)17-12-7-5-6-8-19(12)13/h5-9H,1-4H3,(H,16,18). The minimum absolute atomic E-state index is 0.00887. The van der Waals surface area contributed by atoms with Gasteiger partial charge in [-0.05, 0) is 19.1 Å². The zero-order valence-electron chi connectivity index (χ0n) is 11.7. The summed E-state index contributed by atoms with van der Waals surface area (Å²) in [5.74, 6) is 0. The van der Waals surface area contributed by atoms with Gasteiger partial charge < -0.3 is 0 Å². The fraction of sp³-hybridized carbons (Fsp3) is 0.333. The highest BCUT2D eigenvalue weighted by molar-refractivity contribution is 5.69. The van der Waals surface area contributed by atoms with Crippen LogP contribution in [-0.4, -0.2) is 19.6 Å². The van der Waals surface area contributed by atoms with Gasteiger partial charge >= 0.3 is 0 Å². The third-order valence-electron chi connectivity index (χ3n) is 3.33. The average Bonchev–Trinajstić information content (AvgIpc) is 2.91. The van der Waals surface area contributed by atoms with Gasteiger partial charge in [0.25, 0.3) is 0 Å². The molecule has 98 valence electrons. The van der Waals surface area contributed by atoms with Crippen LogP contribution in [0.15, 0.2) is 30.6 Å². The molecule has 1 N–H and O–H groups in total. The van der Waals surface area contributed by atoms with Gasteiger partial charge in [0.1, 0.15) is 5.65 Å². The normalized spacial score (nSPS) is 12.2. The number of pyridine rings is 1. The summed E-state index contributed by atoms with van der Waals surface area (Å²) in [5.41, 5.74) is 5.38. The van der Waals surface area contributed by atoms with Crippen molar-refractivity contribution in [3.63, 3.8) is 0 Å². The van der Waals surface area contributed by atoms with Gasteiger partial charge in [-0.3, -0.25) is 9.50 Å². The van der Waals surface area contributed by atoms with Crippen LogP contribution in [-0.2, 0) is 5.41 Å². The first kappa shape index (κ1) is 12.0. The predicted octanol–water partition coefficient (Wildman–Crippen LogP) is 3.33. The Labute approximate surface area is 112 Å². The van der Waals surface area contributed by atoms with Gasteiger partial charge in [-0.15, -0.1) is 0 Å². The third kappa shape index (κ3) is 1.84. The zero-order chi connectivity index (χ0) is 13.6. The lowest BCUT2D eigenvalue weighted by Gasteiger charge is -2.17. The van der Waals surface area contributed by atoms with Crippen LogP contribution in [0.1, 0.15) is 32.2 Å². The Morgan fingerprint density at radius 1 is 1.21 bits per heavy atom. The second-order valence-electron chi connectivity index (χ2n) is 5.90. The molecule has 3 heterocycles. The molecule has 0 aliphatic heterocycles. The maximum absolute atomic E-state index is 4.80. The van der Waals surface area contributed by atoms with E-state index in [0.717, 1.165) is 28.3 Å². The second-order valence-corrected chi connectivity index (χ2v) is 5.90. The molecule has 0 aromatic carbocycles. The second kappa shape index (κ2) is 3.95. The van der Waals surface area contributed by atoms with Crippen LogP contribution >= 0.6 is 0 Å². The van der Waals surface area contributed by atoms with Crippen molar-refractivity contribution in [3.05, 3.63) is 42.0 Å². The predicted molar refractivity (Wildman–Crippen MR) is 76.2 cm³/mol. The Hall–Kier alpha value is -2.10. The van der Waals surface area contributed by atoms with Crippen molar-refractivity contribution >= 4 is 5.65 Å². The number of rotatable bonds is 1. The van der Waals surface area contributed by atoms with Crippen molar-refractivity contribution in [3.8, 4) is 11.3 Å². The van der Waals surface area contributed by atoms with E-state index in [0.29, 0.717) is 0 Å². The smallest absolute Gasteiger partial charge is 0.137 e. The van der Waals surface area contributed by atoms with Crippen molar-refractivity contribution in [2.75, 3.05) is 0 Å². The fourth-order valence-electron chi connectivity index (χ4n) is 2.37. The quantitative estimate of drug-likeness (QED) is 0.724. The van der Waals surface area contributed by atoms with E-state index < -0.39 is 0 Å². The van der Waals surface area contributed by atoms with E-state index in [9.17, 15) is 0 Å². The monoisotopic (exact) mass is 254 g/mol. The first-order chi connectivity index (χ1) is 8.98. The van der Waals surface area contributed by atoms with Crippen LogP contribution < -0.4 is 0 Å². The van der Waals surface area contributed by atoms with E-state index in [1.54, 1.807) is 0 Å². The Kier molecular flexibility index (Phi) is 2.49. The Morgan fingerprint density at radius 2 is 2.00 bits per heavy atom. The summed E-state index contributed by atoms with van der Waals surface area (Å²) >= 11 is 0. The van der Waals surface area contributed by atoms with Crippen LogP contribution in [0.4, 0.5) is 0 Å². The highest BCUT2D eigenvalue weighted by atomic mass is 15.1. The van der Waals surface area contributed by atoms with Gasteiger partial charge in [0, 0.05) is 22.9 Å². The summed E-state index contributed by atoms with van der Waals surface area (Å²) in [6, 6.07) is 6.08. The Morgan fingerprint density at radius 3 is 2.63 bits per heavy atom. The molecule has 0 saturated heterocycles. The topological polar surface area (TPSA) is 46.0 Å². The number of imidazole rings is 1. The zero-order valence-corrected chi connectivity index (χ0v) is 11.7. The number of nitrogens with one attached hydrogen (secondary N) is 1. The summed E-state index contributed by atoms with van der Waals surface area (Å²) in [4.78, 5) is 4.80. The molecule has 0 fully saturated rings. The van der Waals surface area contributed by atoms with E-state index in [1.165, 1.54) is 0 Å². The molecule has 0 bridgehead atoms. The molecule has 3 aromatic rings. The molecule has 0 spiro atoms. The minimum Gasteiger partial charge on any atom is -0.299 e. The van der Waals surface area contributed by atoms with Crippen molar-refractivity contribution in [2.45, 2.75) is 33.1 Å². The van der Waals surface area contributed by atoms with Crippen molar-refractivity contribution < 1.29 is 0 Å². The number of nitrogens with zero attached hydrogens (tertiary/aromatic N) is 3. The van der Waals surface area contributed by atoms with E-state index >= 15 is 0 Å². The van der Waals surface area contributed by atoms with Crippen LogP contribution in [0.2, 0.25) is 0 Å². The Bertz CT molecular complexity index is 728. The van der Waals surface area contributed by atoms with Crippen LogP contribution in [0, 0.1) is 6.92 Å². The van der Waals surface area contributed by atoms with E-state index in [1.807, 2.05) is 31.3 Å². The maximum atomic E-state index is 4.80. The molecule has 3 rings (SSSR count). The number of hydrogen-bond acceptors (Lipinski definition) is 2. The molecule has 0 unspecified atom stereocenters. The van der Waals surface area contributed by atoms with Gasteiger partial charge in [0.15, 0.2) is 0 Å². The molecule has 4 heteroatoms. The summed E-state index contributed by atoms with van der Waals surface area (Å²) in [7, 11) is 0. The first-order valence-corrected chi connectivity index (χ1v) is 6.46. The lowest BCUT2D eigenvalue weighted by Crippen LogP contribution is -2.13. The van der Waals surface area contributed by atoms with Crippen molar-refractivity contribution in [1.82, 2.24) is 19.6 Å². The van der Waals surface area contributed by atoms with E-state index in [-0.39, 0.29) is 5.41 Å².